The van der Waals surface area contributed by atoms with Crippen molar-refractivity contribution in [3.05, 3.63) is 34.9 Å². The smallest absolute Gasteiger partial charge is 0.193 e. The van der Waals surface area contributed by atoms with Crippen molar-refractivity contribution >= 4 is 17.4 Å². The number of aryl methyl sites for hydroxylation is 1. The number of rotatable bonds is 3. The van der Waals surface area contributed by atoms with Crippen molar-refractivity contribution in [2.24, 2.45) is 0 Å². The molecule has 0 saturated carbocycles. The SMILES string of the molecule is Cc1cc(CCl)cc(C(=O)C(C)(C)O)c1. The summed E-state index contributed by atoms with van der Waals surface area (Å²) in [6.07, 6.45) is 0. The van der Waals surface area contributed by atoms with Gasteiger partial charge in [0.2, 0.25) is 0 Å². The molecule has 1 rings (SSSR count). The number of alkyl halides is 1. The second kappa shape index (κ2) is 4.33. The Bertz CT molecular complexity index is 378. The first-order valence-corrected chi connectivity index (χ1v) is 5.32. The van der Waals surface area contributed by atoms with Crippen LogP contribution in [-0.2, 0) is 5.88 Å². The number of ketones is 1. The molecular formula is C12H15ClO2. The maximum absolute atomic E-state index is 11.8. The number of halogens is 1. The van der Waals surface area contributed by atoms with E-state index in [1.165, 1.54) is 13.8 Å². The predicted molar refractivity (Wildman–Crippen MR) is 61.4 cm³/mol. The first kappa shape index (κ1) is 12.2. The van der Waals surface area contributed by atoms with Gasteiger partial charge in [0, 0.05) is 11.4 Å². The normalized spacial score (nSPS) is 11.5. The molecule has 0 atom stereocenters. The van der Waals surface area contributed by atoms with Crippen LogP contribution in [0.15, 0.2) is 18.2 Å². The first-order valence-electron chi connectivity index (χ1n) is 4.78. The third-order valence-corrected chi connectivity index (χ3v) is 2.42. The number of hydrogen-bond acceptors (Lipinski definition) is 2. The van der Waals surface area contributed by atoms with E-state index < -0.39 is 5.60 Å². The minimum Gasteiger partial charge on any atom is -0.382 e. The van der Waals surface area contributed by atoms with Gasteiger partial charge in [0.05, 0.1) is 0 Å². The molecule has 0 spiro atoms. The summed E-state index contributed by atoms with van der Waals surface area (Å²) in [5.74, 6) is 0.0888. The Morgan fingerprint density at radius 3 is 2.47 bits per heavy atom. The molecule has 0 aliphatic rings. The quantitative estimate of drug-likeness (QED) is 0.636. The zero-order chi connectivity index (χ0) is 11.6. The van der Waals surface area contributed by atoms with E-state index in [4.69, 9.17) is 11.6 Å². The zero-order valence-electron chi connectivity index (χ0n) is 9.17. The van der Waals surface area contributed by atoms with Gasteiger partial charge in [-0.3, -0.25) is 4.79 Å². The average molecular weight is 227 g/mol. The molecular weight excluding hydrogens is 212 g/mol. The lowest BCUT2D eigenvalue weighted by Gasteiger charge is -2.16. The van der Waals surface area contributed by atoms with E-state index in [0.717, 1.165) is 11.1 Å². The molecule has 0 unspecified atom stereocenters. The van der Waals surface area contributed by atoms with Crippen LogP contribution in [0.5, 0.6) is 0 Å². The fraction of sp³-hybridized carbons (Fsp3) is 0.417. The van der Waals surface area contributed by atoms with Crippen LogP contribution in [0.1, 0.15) is 35.3 Å². The highest BCUT2D eigenvalue weighted by Crippen LogP contribution is 2.17. The molecule has 3 heteroatoms. The van der Waals surface area contributed by atoms with Gasteiger partial charge in [-0.1, -0.05) is 11.6 Å². The summed E-state index contributed by atoms with van der Waals surface area (Å²) in [6.45, 7) is 4.87. The summed E-state index contributed by atoms with van der Waals surface area (Å²) in [4.78, 5) is 11.8. The van der Waals surface area contributed by atoms with Gasteiger partial charge in [-0.15, -0.1) is 11.6 Å². The van der Waals surface area contributed by atoms with Crippen LogP contribution in [0.25, 0.3) is 0 Å². The lowest BCUT2D eigenvalue weighted by Crippen LogP contribution is -2.31. The van der Waals surface area contributed by atoms with E-state index in [-0.39, 0.29) is 5.78 Å². The predicted octanol–water partition coefficient (Wildman–Crippen LogP) is 2.69. The topological polar surface area (TPSA) is 37.3 Å². The van der Waals surface area contributed by atoms with Gasteiger partial charge in [-0.05, 0) is 38.5 Å². The Labute approximate surface area is 94.9 Å². The Kier molecular flexibility index (Phi) is 3.53. The number of Topliss-reactive ketones (excluding diaryl/α,β-unsaturated/α-hetero) is 1. The third-order valence-electron chi connectivity index (χ3n) is 2.11. The van der Waals surface area contributed by atoms with Crippen LogP contribution in [0.2, 0.25) is 0 Å². The standard InChI is InChI=1S/C12H15ClO2/c1-8-4-9(7-13)6-10(5-8)11(14)12(2,3)15/h4-6,15H,7H2,1-3H3. The fourth-order valence-electron chi connectivity index (χ4n) is 1.42. The largest absolute Gasteiger partial charge is 0.382 e. The number of hydrogen-bond donors (Lipinski definition) is 1. The molecule has 1 aromatic rings. The van der Waals surface area contributed by atoms with Crippen molar-refractivity contribution in [3.63, 3.8) is 0 Å². The molecule has 0 fully saturated rings. The highest BCUT2D eigenvalue weighted by atomic mass is 35.5. The number of carbonyl (C=O) groups is 1. The molecule has 82 valence electrons. The minimum atomic E-state index is -1.34. The van der Waals surface area contributed by atoms with E-state index >= 15 is 0 Å². The molecule has 0 amide bonds. The van der Waals surface area contributed by atoms with Gasteiger partial charge < -0.3 is 5.11 Å². The van der Waals surface area contributed by atoms with Crippen molar-refractivity contribution < 1.29 is 9.90 Å². The highest BCUT2D eigenvalue weighted by Gasteiger charge is 2.25. The Morgan fingerprint density at radius 1 is 1.40 bits per heavy atom. The second-order valence-electron chi connectivity index (χ2n) is 4.23. The molecule has 15 heavy (non-hydrogen) atoms. The molecule has 0 radical (unpaired) electrons. The molecule has 0 saturated heterocycles. The number of carbonyl (C=O) groups excluding carboxylic acids is 1. The summed E-state index contributed by atoms with van der Waals surface area (Å²) >= 11 is 5.72. The maximum atomic E-state index is 11.8. The molecule has 0 bridgehead atoms. The van der Waals surface area contributed by atoms with E-state index in [0.29, 0.717) is 11.4 Å². The van der Waals surface area contributed by atoms with Crippen molar-refractivity contribution in [2.75, 3.05) is 0 Å². The van der Waals surface area contributed by atoms with E-state index in [1.54, 1.807) is 12.1 Å². The van der Waals surface area contributed by atoms with Gasteiger partial charge >= 0.3 is 0 Å². The fourth-order valence-corrected chi connectivity index (χ4v) is 1.58. The lowest BCUT2D eigenvalue weighted by molar-refractivity contribution is 0.0488. The average Bonchev–Trinajstić information content (AvgIpc) is 2.14. The van der Waals surface area contributed by atoms with Gasteiger partial charge in [-0.2, -0.15) is 0 Å². The number of aliphatic hydroxyl groups is 1. The van der Waals surface area contributed by atoms with Crippen LogP contribution in [0.4, 0.5) is 0 Å². The monoisotopic (exact) mass is 226 g/mol. The van der Waals surface area contributed by atoms with Crippen LogP contribution < -0.4 is 0 Å². The van der Waals surface area contributed by atoms with Crippen LogP contribution >= 0.6 is 11.6 Å². The summed E-state index contributed by atoms with van der Waals surface area (Å²) in [7, 11) is 0. The summed E-state index contributed by atoms with van der Waals surface area (Å²) in [6, 6.07) is 5.41. The van der Waals surface area contributed by atoms with E-state index in [9.17, 15) is 9.90 Å². The first-order chi connectivity index (χ1) is 6.84. The van der Waals surface area contributed by atoms with Crippen molar-refractivity contribution in [1.29, 1.82) is 0 Å². The van der Waals surface area contributed by atoms with Gasteiger partial charge in [0.15, 0.2) is 5.78 Å². The van der Waals surface area contributed by atoms with E-state index in [2.05, 4.69) is 0 Å². The van der Waals surface area contributed by atoms with Crippen molar-refractivity contribution in [1.82, 2.24) is 0 Å². The molecule has 0 aliphatic carbocycles. The summed E-state index contributed by atoms with van der Waals surface area (Å²) < 4.78 is 0. The molecule has 1 aromatic carbocycles. The van der Waals surface area contributed by atoms with Crippen molar-refractivity contribution in [2.45, 2.75) is 32.3 Å². The number of benzene rings is 1. The van der Waals surface area contributed by atoms with Crippen molar-refractivity contribution in [3.8, 4) is 0 Å². The molecule has 0 aliphatic heterocycles. The molecule has 1 N–H and O–H groups in total. The second-order valence-corrected chi connectivity index (χ2v) is 4.50. The van der Waals surface area contributed by atoms with Gasteiger partial charge in [-0.25, -0.2) is 0 Å². The Balaban J connectivity index is 3.15. The van der Waals surface area contributed by atoms with Gasteiger partial charge in [0.1, 0.15) is 5.60 Å². The van der Waals surface area contributed by atoms with Crippen LogP contribution in [0.3, 0.4) is 0 Å². The zero-order valence-corrected chi connectivity index (χ0v) is 9.93. The summed E-state index contributed by atoms with van der Waals surface area (Å²) in [5, 5.41) is 9.61. The maximum Gasteiger partial charge on any atom is 0.193 e. The molecule has 0 aromatic heterocycles. The Hall–Kier alpha value is -0.860. The Morgan fingerprint density at radius 2 is 2.00 bits per heavy atom. The van der Waals surface area contributed by atoms with Crippen LogP contribution in [0, 0.1) is 6.92 Å². The minimum absolute atomic E-state index is 0.280. The highest BCUT2D eigenvalue weighted by molar-refractivity contribution is 6.17. The van der Waals surface area contributed by atoms with E-state index in [1.807, 2.05) is 13.0 Å². The lowest BCUT2D eigenvalue weighted by atomic mass is 9.94. The van der Waals surface area contributed by atoms with Gasteiger partial charge in [0.25, 0.3) is 0 Å². The molecule has 2 nitrogen and oxygen atoms in total. The molecule has 0 heterocycles. The third kappa shape index (κ3) is 3.05. The summed E-state index contributed by atoms with van der Waals surface area (Å²) in [5.41, 5.74) is 1.04. The van der Waals surface area contributed by atoms with Crippen LogP contribution in [-0.4, -0.2) is 16.5 Å².